The van der Waals surface area contributed by atoms with E-state index in [1.165, 1.54) is 5.56 Å². The summed E-state index contributed by atoms with van der Waals surface area (Å²) in [6.45, 7) is 2.79. The molecule has 2 rings (SSSR count). The molecule has 2 nitrogen and oxygen atoms in total. The van der Waals surface area contributed by atoms with E-state index in [1.54, 1.807) is 0 Å². The number of benzene rings is 2. The molecule has 2 heteroatoms. The Bertz CT molecular complexity index is 569. The van der Waals surface area contributed by atoms with Gasteiger partial charge in [0.1, 0.15) is 5.75 Å². The Morgan fingerprint density at radius 3 is 2.38 bits per heavy atom. The summed E-state index contributed by atoms with van der Waals surface area (Å²) in [6, 6.07) is 20.5. The van der Waals surface area contributed by atoms with Gasteiger partial charge in [-0.2, -0.15) is 5.26 Å². The number of aryl methyl sites for hydroxylation is 1. The quantitative estimate of drug-likeness (QED) is 0.687. The maximum Gasteiger partial charge on any atom is 0.119 e. The third-order valence-electron chi connectivity index (χ3n) is 3.60. The van der Waals surface area contributed by atoms with E-state index < -0.39 is 0 Å². The molecule has 0 aliphatic rings. The van der Waals surface area contributed by atoms with Crippen LogP contribution in [0.3, 0.4) is 0 Å². The van der Waals surface area contributed by atoms with Gasteiger partial charge in [-0.1, -0.05) is 49.4 Å². The highest BCUT2D eigenvalue weighted by atomic mass is 16.5. The van der Waals surface area contributed by atoms with Gasteiger partial charge in [0, 0.05) is 0 Å². The second-order valence-corrected chi connectivity index (χ2v) is 5.08. The summed E-state index contributed by atoms with van der Waals surface area (Å²) < 4.78 is 5.73. The smallest absolute Gasteiger partial charge is 0.119 e. The second-order valence-electron chi connectivity index (χ2n) is 5.08. The summed E-state index contributed by atoms with van der Waals surface area (Å²) in [4.78, 5) is 0. The van der Waals surface area contributed by atoms with Gasteiger partial charge in [0.15, 0.2) is 0 Å². The lowest BCUT2D eigenvalue weighted by atomic mass is 9.96. The molecular weight excluding hydrogens is 258 g/mol. The van der Waals surface area contributed by atoms with Crippen LogP contribution < -0.4 is 4.74 Å². The van der Waals surface area contributed by atoms with Crippen molar-refractivity contribution in [3.63, 3.8) is 0 Å². The predicted octanol–water partition coefficient (Wildman–Crippen LogP) is 4.72. The van der Waals surface area contributed by atoms with Gasteiger partial charge in [-0.3, -0.25) is 0 Å². The maximum absolute atomic E-state index is 9.26. The lowest BCUT2D eigenvalue weighted by Crippen LogP contribution is -2.02. The summed E-state index contributed by atoms with van der Waals surface area (Å²) >= 11 is 0. The molecule has 0 aliphatic carbocycles. The molecule has 0 N–H and O–H groups in total. The Balaban J connectivity index is 1.77. The fourth-order valence-electron chi connectivity index (χ4n) is 2.29. The monoisotopic (exact) mass is 279 g/mol. The van der Waals surface area contributed by atoms with Crippen molar-refractivity contribution >= 4 is 0 Å². The molecule has 0 radical (unpaired) electrons. The van der Waals surface area contributed by atoms with Crippen molar-refractivity contribution in [3.8, 4) is 11.8 Å². The zero-order valence-corrected chi connectivity index (χ0v) is 12.5. The number of rotatable bonds is 7. The normalized spacial score (nSPS) is 11.6. The molecule has 108 valence electrons. The molecule has 2 aromatic carbocycles. The van der Waals surface area contributed by atoms with Crippen LogP contribution in [0.5, 0.6) is 5.75 Å². The molecule has 0 bridgehead atoms. The molecule has 0 heterocycles. The van der Waals surface area contributed by atoms with E-state index in [4.69, 9.17) is 4.74 Å². The van der Waals surface area contributed by atoms with Gasteiger partial charge < -0.3 is 4.74 Å². The third kappa shape index (κ3) is 4.65. The second kappa shape index (κ2) is 8.11. The maximum atomic E-state index is 9.26. The van der Waals surface area contributed by atoms with E-state index in [0.717, 1.165) is 30.6 Å². The van der Waals surface area contributed by atoms with Crippen molar-refractivity contribution in [2.75, 3.05) is 6.61 Å². The minimum Gasteiger partial charge on any atom is -0.494 e. The van der Waals surface area contributed by atoms with E-state index in [0.29, 0.717) is 6.61 Å². The Morgan fingerprint density at radius 1 is 1.05 bits per heavy atom. The van der Waals surface area contributed by atoms with Crippen LogP contribution in [0.4, 0.5) is 0 Å². The largest absolute Gasteiger partial charge is 0.494 e. The van der Waals surface area contributed by atoms with E-state index in [-0.39, 0.29) is 5.92 Å². The molecule has 1 atom stereocenters. The van der Waals surface area contributed by atoms with Crippen LogP contribution in [0.25, 0.3) is 0 Å². The summed E-state index contributed by atoms with van der Waals surface area (Å²) in [5.74, 6) is 0.859. The predicted molar refractivity (Wildman–Crippen MR) is 85.3 cm³/mol. The SMILES string of the molecule is CCc1ccc(OCCCC(C#N)c2ccccc2)cc1. The number of nitrogens with zero attached hydrogens (tertiary/aromatic N) is 1. The van der Waals surface area contributed by atoms with E-state index >= 15 is 0 Å². The van der Waals surface area contributed by atoms with Crippen LogP contribution in [-0.4, -0.2) is 6.61 Å². The molecule has 0 amide bonds. The molecule has 0 aromatic heterocycles. The van der Waals surface area contributed by atoms with Crippen molar-refractivity contribution < 1.29 is 4.74 Å². The highest BCUT2D eigenvalue weighted by Gasteiger charge is 2.09. The lowest BCUT2D eigenvalue weighted by Gasteiger charge is -2.10. The number of ether oxygens (including phenoxy) is 1. The van der Waals surface area contributed by atoms with Gasteiger partial charge in [0.2, 0.25) is 0 Å². The van der Waals surface area contributed by atoms with Crippen LogP contribution >= 0.6 is 0 Å². The van der Waals surface area contributed by atoms with Gasteiger partial charge in [0.05, 0.1) is 18.6 Å². The molecular formula is C19H21NO. The molecule has 0 saturated heterocycles. The minimum absolute atomic E-state index is 0.0442. The summed E-state index contributed by atoms with van der Waals surface area (Å²) in [7, 11) is 0. The average molecular weight is 279 g/mol. The fourth-order valence-corrected chi connectivity index (χ4v) is 2.29. The van der Waals surface area contributed by atoms with Crippen molar-refractivity contribution in [1.29, 1.82) is 5.26 Å². The van der Waals surface area contributed by atoms with Crippen LogP contribution in [0.1, 0.15) is 36.8 Å². The first-order valence-electron chi connectivity index (χ1n) is 7.49. The van der Waals surface area contributed by atoms with Crippen molar-refractivity contribution in [2.24, 2.45) is 0 Å². The minimum atomic E-state index is -0.0442. The average Bonchev–Trinajstić information content (AvgIpc) is 2.56. The number of hydrogen-bond donors (Lipinski definition) is 0. The van der Waals surface area contributed by atoms with Crippen LogP contribution in [0, 0.1) is 11.3 Å². The summed E-state index contributed by atoms with van der Waals surface area (Å²) in [5.41, 5.74) is 2.41. The zero-order chi connectivity index (χ0) is 14.9. The third-order valence-corrected chi connectivity index (χ3v) is 3.60. The Morgan fingerprint density at radius 2 is 1.76 bits per heavy atom. The van der Waals surface area contributed by atoms with Crippen LogP contribution in [-0.2, 0) is 6.42 Å². The molecule has 0 saturated carbocycles. The van der Waals surface area contributed by atoms with Crippen LogP contribution in [0.15, 0.2) is 54.6 Å². The van der Waals surface area contributed by atoms with Gasteiger partial charge in [-0.05, 0) is 42.5 Å². The number of nitriles is 1. The Labute approximate surface area is 127 Å². The first kappa shape index (κ1) is 15.1. The van der Waals surface area contributed by atoms with Crippen molar-refractivity contribution in [2.45, 2.75) is 32.1 Å². The highest BCUT2D eigenvalue weighted by molar-refractivity contribution is 5.27. The Hall–Kier alpha value is -2.27. The first-order valence-corrected chi connectivity index (χ1v) is 7.49. The van der Waals surface area contributed by atoms with Gasteiger partial charge in [-0.15, -0.1) is 0 Å². The van der Waals surface area contributed by atoms with E-state index in [2.05, 4.69) is 25.1 Å². The molecule has 1 unspecified atom stereocenters. The molecule has 0 fully saturated rings. The molecule has 21 heavy (non-hydrogen) atoms. The first-order chi connectivity index (χ1) is 10.3. The highest BCUT2D eigenvalue weighted by Crippen LogP contribution is 2.20. The summed E-state index contributed by atoms with van der Waals surface area (Å²) in [6.07, 6.45) is 2.75. The number of hydrogen-bond acceptors (Lipinski definition) is 2. The van der Waals surface area contributed by atoms with Crippen molar-refractivity contribution in [1.82, 2.24) is 0 Å². The molecule has 0 aliphatic heterocycles. The van der Waals surface area contributed by atoms with Gasteiger partial charge in [0.25, 0.3) is 0 Å². The van der Waals surface area contributed by atoms with Gasteiger partial charge in [-0.25, -0.2) is 0 Å². The van der Waals surface area contributed by atoms with Crippen LogP contribution in [0.2, 0.25) is 0 Å². The standard InChI is InChI=1S/C19H21NO/c1-2-16-10-12-19(13-11-16)21-14-6-9-18(15-20)17-7-4-3-5-8-17/h3-5,7-8,10-13,18H,2,6,9,14H2,1H3. The summed E-state index contributed by atoms with van der Waals surface area (Å²) in [5, 5.41) is 9.26. The lowest BCUT2D eigenvalue weighted by molar-refractivity contribution is 0.305. The fraction of sp³-hybridized carbons (Fsp3) is 0.316. The van der Waals surface area contributed by atoms with E-state index in [9.17, 15) is 5.26 Å². The topological polar surface area (TPSA) is 33.0 Å². The molecule has 0 spiro atoms. The Kier molecular flexibility index (Phi) is 5.84. The van der Waals surface area contributed by atoms with Crippen molar-refractivity contribution in [3.05, 3.63) is 65.7 Å². The van der Waals surface area contributed by atoms with Gasteiger partial charge >= 0.3 is 0 Å². The zero-order valence-electron chi connectivity index (χ0n) is 12.5. The van der Waals surface area contributed by atoms with E-state index in [1.807, 2.05) is 42.5 Å². The molecule has 2 aromatic rings.